The van der Waals surface area contributed by atoms with E-state index in [2.05, 4.69) is 15.5 Å². The molecule has 6 heteroatoms. The zero-order chi connectivity index (χ0) is 16.7. The van der Waals surface area contributed by atoms with E-state index < -0.39 is 5.54 Å². The summed E-state index contributed by atoms with van der Waals surface area (Å²) in [6.07, 6.45) is 2.98. The average Bonchev–Trinajstić information content (AvgIpc) is 3.18. The van der Waals surface area contributed by atoms with Crippen LogP contribution in [0.1, 0.15) is 49.4 Å². The number of aliphatic hydroxyl groups is 1. The van der Waals surface area contributed by atoms with Crippen molar-refractivity contribution in [2.75, 3.05) is 0 Å². The van der Waals surface area contributed by atoms with Gasteiger partial charge in [-0.25, -0.2) is 0 Å². The Labute approximate surface area is 141 Å². The largest absolute Gasteiger partial charge is 0.423 e. The van der Waals surface area contributed by atoms with Gasteiger partial charge in [-0.2, -0.15) is 0 Å². The summed E-state index contributed by atoms with van der Waals surface area (Å²) in [5.74, 6) is 1.29. The lowest BCUT2D eigenvalue weighted by molar-refractivity contribution is 0.103. The first-order valence-electron chi connectivity index (χ1n) is 8.64. The molecule has 0 aliphatic carbocycles. The number of aromatic nitrogens is 2. The molecule has 4 N–H and O–H groups in total. The summed E-state index contributed by atoms with van der Waals surface area (Å²) in [5, 5.41) is 22.0. The monoisotopic (exact) mass is 328 g/mol. The number of hydrogen-bond acceptors (Lipinski definition) is 6. The van der Waals surface area contributed by atoms with Crippen LogP contribution in [0.2, 0.25) is 0 Å². The van der Waals surface area contributed by atoms with E-state index in [9.17, 15) is 5.11 Å². The van der Waals surface area contributed by atoms with Gasteiger partial charge >= 0.3 is 0 Å². The van der Waals surface area contributed by atoms with E-state index in [0.29, 0.717) is 24.2 Å². The van der Waals surface area contributed by atoms with Crippen LogP contribution in [0.25, 0.3) is 0 Å². The molecule has 0 saturated carbocycles. The summed E-state index contributed by atoms with van der Waals surface area (Å²) in [4.78, 5) is 0. The first-order valence-corrected chi connectivity index (χ1v) is 8.64. The van der Waals surface area contributed by atoms with E-state index in [0.717, 1.165) is 24.8 Å². The highest BCUT2D eigenvalue weighted by Crippen LogP contribution is 2.38. The van der Waals surface area contributed by atoms with Gasteiger partial charge < -0.3 is 20.6 Å². The number of nitrogens with zero attached hydrogens (tertiary/aromatic N) is 2. The first kappa shape index (κ1) is 15.7. The summed E-state index contributed by atoms with van der Waals surface area (Å²) in [7, 11) is 0. The number of piperidine rings is 1. The lowest BCUT2D eigenvalue weighted by atomic mass is 9.94. The molecule has 128 valence electrons. The average molecular weight is 328 g/mol. The number of rotatable bonds is 4. The molecule has 2 bridgehead atoms. The Kier molecular flexibility index (Phi) is 3.90. The molecule has 2 aromatic rings. The number of nitrogens with two attached hydrogens (primary N) is 1. The quantitative estimate of drug-likeness (QED) is 0.786. The highest BCUT2D eigenvalue weighted by Gasteiger charge is 2.44. The second-order valence-corrected chi connectivity index (χ2v) is 7.39. The maximum Gasteiger partial charge on any atom is 0.236 e. The Balaban J connectivity index is 1.52. The van der Waals surface area contributed by atoms with E-state index in [1.807, 2.05) is 37.3 Å². The minimum atomic E-state index is -0.701. The second kappa shape index (κ2) is 5.95. The maximum absolute atomic E-state index is 10.0. The van der Waals surface area contributed by atoms with Gasteiger partial charge in [0.2, 0.25) is 11.8 Å². The molecule has 4 rings (SSSR count). The summed E-state index contributed by atoms with van der Waals surface area (Å²) in [6.45, 7) is 1.92. The van der Waals surface area contributed by atoms with E-state index in [1.165, 1.54) is 0 Å². The topological polar surface area (TPSA) is 97.2 Å². The summed E-state index contributed by atoms with van der Waals surface area (Å²) < 4.78 is 5.98. The van der Waals surface area contributed by atoms with E-state index in [-0.39, 0.29) is 18.1 Å². The van der Waals surface area contributed by atoms with Gasteiger partial charge in [0.1, 0.15) is 0 Å². The predicted molar refractivity (Wildman–Crippen MR) is 89.3 cm³/mol. The Morgan fingerprint density at radius 1 is 1.25 bits per heavy atom. The second-order valence-electron chi connectivity index (χ2n) is 7.39. The van der Waals surface area contributed by atoms with E-state index >= 15 is 0 Å². The van der Waals surface area contributed by atoms with Crippen LogP contribution < -0.4 is 11.1 Å². The fourth-order valence-electron chi connectivity index (χ4n) is 3.98. The third kappa shape index (κ3) is 2.85. The molecule has 6 nitrogen and oxygen atoms in total. The van der Waals surface area contributed by atoms with Crippen LogP contribution in [-0.4, -0.2) is 33.5 Å². The van der Waals surface area contributed by atoms with Crippen molar-refractivity contribution in [3.63, 3.8) is 0 Å². The molecular formula is C18H24N4O2. The molecule has 0 radical (unpaired) electrons. The number of benzene rings is 1. The molecule has 1 aromatic carbocycles. The van der Waals surface area contributed by atoms with Crippen molar-refractivity contribution < 1.29 is 9.52 Å². The van der Waals surface area contributed by atoms with E-state index in [4.69, 9.17) is 10.2 Å². The van der Waals surface area contributed by atoms with Crippen LogP contribution in [0.5, 0.6) is 0 Å². The molecule has 24 heavy (non-hydrogen) atoms. The molecule has 2 aliphatic heterocycles. The van der Waals surface area contributed by atoms with Crippen molar-refractivity contribution >= 4 is 0 Å². The molecular weight excluding hydrogens is 304 g/mol. The van der Waals surface area contributed by atoms with Crippen LogP contribution in [0.4, 0.5) is 0 Å². The van der Waals surface area contributed by atoms with Gasteiger partial charge in [0, 0.05) is 12.1 Å². The molecule has 1 aromatic heterocycles. The highest BCUT2D eigenvalue weighted by molar-refractivity contribution is 5.19. The van der Waals surface area contributed by atoms with Crippen molar-refractivity contribution in [2.45, 2.75) is 62.3 Å². The molecule has 2 fully saturated rings. The zero-order valence-electron chi connectivity index (χ0n) is 13.9. The summed E-state index contributed by atoms with van der Waals surface area (Å²) in [6, 6.07) is 10.5. The van der Waals surface area contributed by atoms with Crippen molar-refractivity contribution in [3.05, 3.63) is 47.7 Å². The van der Waals surface area contributed by atoms with Crippen LogP contribution in [0, 0.1) is 0 Å². The fraction of sp³-hybridized carbons (Fsp3) is 0.556. The first-order chi connectivity index (χ1) is 11.5. The van der Waals surface area contributed by atoms with Gasteiger partial charge in [0.25, 0.3) is 0 Å². The van der Waals surface area contributed by atoms with Gasteiger partial charge in [-0.1, -0.05) is 30.3 Å². The molecule has 0 spiro atoms. The molecule has 2 unspecified atom stereocenters. The van der Waals surface area contributed by atoms with E-state index in [1.54, 1.807) is 0 Å². The predicted octanol–water partition coefficient (Wildman–Crippen LogP) is 1.45. The SMILES string of the molecule is C[C@@](N)(Cc1ccccc1)c1nnc([C@@H]2CC3NC2CC[C@H]3O)o1. The van der Waals surface area contributed by atoms with Crippen LogP contribution in [0.3, 0.4) is 0 Å². The Morgan fingerprint density at radius 3 is 2.79 bits per heavy atom. The fourth-order valence-corrected chi connectivity index (χ4v) is 3.98. The molecule has 5 atom stereocenters. The van der Waals surface area contributed by atoms with Gasteiger partial charge in [0.15, 0.2) is 0 Å². The number of aliphatic hydroxyl groups excluding tert-OH is 1. The van der Waals surface area contributed by atoms with Crippen LogP contribution >= 0.6 is 0 Å². The molecule has 3 heterocycles. The van der Waals surface area contributed by atoms with Crippen molar-refractivity contribution in [2.24, 2.45) is 5.73 Å². The lowest BCUT2D eigenvalue weighted by Crippen LogP contribution is -2.43. The van der Waals surface area contributed by atoms with Crippen molar-refractivity contribution in [3.8, 4) is 0 Å². The Hall–Kier alpha value is -1.76. The summed E-state index contributed by atoms with van der Waals surface area (Å²) >= 11 is 0. The Bertz CT molecular complexity index is 700. The van der Waals surface area contributed by atoms with Gasteiger partial charge in [0.05, 0.1) is 17.6 Å². The highest BCUT2D eigenvalue weighted by atomic mass is 16.4. The number of nitrogens with one attached hydrogen (secondary N) is 1. The van der Waals surface area contributed by atoms with Crippen molar-refractivity contribution in [1.82, 2.24) is 15.5 Å². The minimum absolute atomic E-state index is 0.137. The van der Waals surface area contributed by atoms with Crippen molar-refractivity contribution in [1.29, 1.82) is 0 Å². The third-order valence-corrected chi connectivity index (χ3v) is 5.32. The molecule has 0 amide bonds. The standard InChI is InChI=1S/C18H24N4O2/c1-18(19,10-11-5-3-2-4-6-11)17-22-21-16(24-17)12-9-14-15(23)8-7-13(12)20-14/h2-6,12-15,20,23H,7-10,19H2,1H3/t12-,13?,14?,15-,18-/m1/s1. The number of fused-ring (bicyclic) bond motifs is 2. The van der Waals surface area contributed by atoms with Crippen LogP contribution in [-0.2, 0) is 12.0 Å². The third-order valence-electron chi connectivity index (χ3n) is 5.32. The maximum atomic E-state index is 10.0. The van der Waals surface area contributed by atoms with Gasteiger partial charge in [-0.3, -0.25) is 0 Å². The van der Waals surface area contributed by atoms with Crippen LogP contribution in [0.15, 0.2) is 34.7 Å². The van der Waals surface area contributed by atoms with Gasteiger partial charge in [-0.05, 0) is 38.2 Å². The zero-order valence-corrected chi connectivity index (χ0v) is 13.9. The molecule has 2 aliphatic rings. The smallest absolute Gasteiger partial charge is 0.236 e. The normalized spacial score (nSPS) is 31.8. The lowest BCUT2D eigenvalue weighted by Gasteiger charge is -2.26. The Morgan fingerprint density at radius 2 is 2.04 bits per heavy atom. The summed E-state index contributed by atoms with van der Waals surface area (Å²) in [5.41, 5.74) is 6.90. The minimum Gasteiger partial charge on any atom is -0.423 e. The van der Waals surface area contributed by atoms with Gasteiger partial charge in [-0.15, -0.1) is 10.2 Å². The molecule has 2 saturated heterocycles. The number of hydrogen-bond donors (Lipinski definition) is 3.